The van der Waals surface area contributed by atoms with Crippen molar-refractivity contribution in [2.45, 2.75) is 6.42 Å². The van der Waals surface area contributed by atoms with Crippen LogP contribution in [0, 0.1) is 11.8 Å². The van der Waals surface area contributed by atoms with E-state index in [-0.39, 0.29) is 18.9 Å². The molecule has 0 aliphatic rings. The molecule has 3 N–H and O–H groups in total. The van der Waals surface area contributed by atoms with E-state index in [0.717, 1.165) is 0 Å². The summed E-state index contributed by atoms with van der Waals surface area (Å²) < 4.78 is 24.6. The Hall–Kier alpha value is -1.95. The molecule has 1 aromatic heterocycles. The number of nitrogens with one attached hydrogen (secondary N) is 2. The largest absolute Gasteiger partial charge is 0.395 e. The van der Waals surface area contributed by atoms with E-state index in [0.29, 0.717) is 17.5 Å². The zero-order valence-electron chi connectivity index (χ0n) is 11.6. The second-order valence-corrected chi connectivity index (χ2v) is 6.06. The molecule has 1 heterocycles. The molecule has 1 rings (SSSR count). The quantitative estimate of drug-likeness (QED) is 0.590. The summed E-state index contributed by atoms with van der Waals surface area (Å²) in [5, 5.41) is 11.1. The molecule has 7 nitrogen and oxygen atoms in total. The molecule has 0 radical (unpaired) electrons. The molecule has 0 atom stereocenters. The summed E-state index contributed by atoms with van der Waals surface area (Å²) in [6, 6.07) is 1.55. The van der Waals surface area contributed by atoms with E-state index < -0.39 is 15.9 Å². The summed E-state index contributed by atoms with van der Waals surface area (Å²) in [5.41, 5.74) is 0.853. The molecule has 1 aromatic rings. The fraction of sp³-hybridized carbons (Fsp3) is 0.385. The lowest BCUT2D eigenvalue weighted by Gasteiger charge is -2.05. The normalized spacial score (nSPS) is 10.6. The van der Waals surface area contributed by atoms with Crippen molar-refractivity contribution in [2.75, 3.05) is 26.0 Å². The number of aromatic nitrogens is 1. The Morgan fingerprint density at radius 3 is 2.86 bits per heavy atom. The zero-order chi connectivity index (χ0) is 15.7. The van der Waals surface area contributed by atoms with Gasteiger partial charge in [-0.25, -0.2) is 13.1 Å². The lowest BCUT2D eigenvalue weighted by Crippen LogP contribution is -2.33. The first kappa shape index (κ1) is 17.1. The van der Waals surface area contributed by atoms with Crippen LogP contribution >= 0.6 is 0 Å². The van der Waals surface area contributed by atoms with Gasteiger partial charge in [-0.15, -0.1) is 0 Å². The summed E-state index contributed by atoms with van der Waals surface area (Å²) in [6.07, 6.45) is 3.23. The van der Waals surface area contributed by atoms with Crippen LogP contribution in [0.3, 0.4) is 0 Å². The van der Waals surface area contributed by atoms with Crippen molar-refractivity contribution in [1.29, 1.82) is 0 Å². The van der Waals surface area contributed by atoms with Crippen molar-refractivity contribution in [3.05, 3.63) is 29.6 Å². The molecule has 0 aliphatic carbocycles. The van der Waals surface area contributed by atoms with Gasteiger partial charge in [0, 0.05) is 30.9 Å². The minimum absolute atomic E-state index is 0.00241. The molecule has 0 unspecified atom stereocenters. The van der Waals surface area contributed by atoms with Gasteiger partial charge in [-0.3, -0.25) is 9.78 Å². The van der Waals surface area contributed by atoms with Crippen LogP contribution < -0.4 is 10.0 Å². The van der Waals surface area contributed by atoms with E-state index in [4.69, 9.17) is 5.11 Å². The van der Waals surface area contributed by atoms with E-state index in [2.05, 4.69) is 26.9 Å². The molecule has 0 saturated heterocycles. The van der Waals surface area contributed by atoms with Crippen molar-refractivity contribution in [1.82, 2.24) is 15.0 Å². The third kappa shape index (κ3) is 6.35. The Morgan fingerprint density at radius 1 is 1.43 bits per heavy atom. The highest BCUT2D eigenvalue weighted by Gasteiger charge is 2.10. The first-order valence-electron chi connectivity index (χ1n) is 6.22. The van der Waals surface area contributed by atoms with E-state index in [1.807, 2.05) is 0 Å². The lowest BCUT2D eigenvalue weighted by molar-refractivity contribution is 0.0955. The summed E-state index contributed by atoms with van der Waals surface area (Å²) in [7, 11) is -2.03. The van der Waals surface area contributed by atoms with Crippen LogP contribution in [-0.4, -0.2) is 50.4 Å². The Balaban J connectivity index is 2.63. The second kappa shape index (κ2) is 8.36. The number of pyridine rings is 1. The van der Waals surface area contributed by atoms with Crippen molar-refractivity contribution < 1.29 is 18.3 Å². The Kier molecular flexibility index (Phi) is 6.81. The van der Waals surface area contributed by atoms with Gasteiger partial charge in [0.15, 0.2) is 0 Å². The van der Waals surface area contributed by atoms with Gasteiger partial charge in [-0.05, 0) is 13.1 Å². The molecule has 0 fully saturated rings. The predicted molar refractivity (Wildman–Crippen MR) is 78.0 cm³/mol. The molecule has 8 heteroatoms. The lowest BCUT2D eigenvalue weighted by atomic mass is 10.2. The van der Waals surface area contributed by atoms with Crippen molar-refractivity contribution in [2.24, 2.45) is 0 Å². The van der Waals surface area contributed by atoms with Gasteiger partial charge in [-0.1, -0.05) is 11.8 Å². The van der Waals surface area contributed by atoms with Gasteiger partial charge >= 0.3 is 0 Å². The molecular weight excluding hydrogens is 294 g/mol. The van der Waals surface area contributed by atoms with Crippen LogP contribution in [0.5, 0.6) is 0 Å². The highest BCUT2D eigenvalue weighted by Crippen LogP contribution is 2.01. The fourth-order valence-electron chi connectivity index (χ4n) is 1.36. The van der Waals surface area contributed by atoms with Crippen LogP contribution in [0.15, 0.2) is 18.5 Å². The Labute approximate surface area is 123 Å². The first-order chi connectivity index (χ1) is 9.98. The number of nitrogens with zero attached hydrogens (tertiary/aromatic N) is 1. The van der Waals surface area contributed by atoms with E-state index in [1.54, 1.807) is 6.07 Å². The predicted octanol–water partition coefficient (Wildman–Crippen LogP) is -0.905. The number of rotatable bonds is 6. The van der Waals surface area contributed by atoms with Crippen LogP contribution in [0.25, 0.3) is 0 Å². The SMILES string of the molecule is CNS(=O)(=O)CCNC(=O)c1cncc(C#CCCO)c1. The minimum atomic E-state index is -3.35. The number of sulfonamides is 1. The van der Waals surface area contributed by atoms with Crippen molar-refractivity contribution in [3.8, 4) is 11.8 Å². The third-order valence-corrected chi connectivity index (χ3v) is 3.80. The average Bonchev–Trinajstić information content (AvgIpc) is 2.47. The third-order valence-electron chi connectivity index (χ3n) is 2.44. The molecule has 0 spiro atoms. The maximum Gasteiger partial charge on any atom is 0.252 e. The van der Waals surface area contributed by atoms with Gasteiger partial charge < -0.3 is 10.4 Å². The van der Waals surface area contributed by atoms with Gasteiger partial charge in [0.05, 0.1) is 17.9 Å². The standard InChI is InChI=1S/C13H17N3O4S/c1-14-21(19,20)7-5-16-13(18)12-8-11(9-15-10-12)4-2-3-6-17/h8-10,14,17H,3,5-7H2,1H3,(H,16,18). The summed E-state index contributed by atoms with van der Waals surface area (Å²) in [5.74, 6) is 4.89. The zero-order valence-corrected chi connectivity index (χ0v) is 12.4. The topological polar surface area (TPSA) is 108 Å². The van der Waals surface area contributed by atoms with E-state index in [1.165, 1.54) is 19.4 Å². The monoisotopic (exact) mass is 311 g/mol. The number of aliphatic hydroxyl groups excluding tert-OH is 1. The van der Waals surface area contributed by atoms with Crippen molar-refractivity contribution >= 4 is 15.9 Å². The van der Waals surface area contributed by atoms with Crippen LogP contribution in [0.4, 0.5) is 0 Å². The number of amides is 1. The van der Waals surface area contributed by atoms with Crippen LogP contribution in [0.1, 0.15) is 22.3 Å². The minimum Gasteiger partial charge on any atom is -0.395 e. The number of carbonyl (C=O) groups excluding carboxylic acids is 1. The summed E-state index contributed by atoms with van der Waals surface area (Å²) in [4.78, 5) is 15.7. The van der Waals surface area contributed by atoms with Crippen molar-refractivity contribution in [3.63, 3.8) is 0 Å². The van der Waals surface area contributed by atoms with Gasteiger partial charge in [0.1, 0.15) is 0 Å². The molecule has 0 saturated carbocycles. The summed E-state index contributed by atoms with van der Waals surface area (Å²) >= 11 is 0. The number of hydrogen-bond acceptors (Lipinski definition) is 5. The van der Waals surface area contributed by atoms with Gasteiger partial charge in [-0.2, -0.15) is 0 Å². The molecule has 1 amide bonds. The number of hydrogen-bond donors (Lipinski definition) is 3. The smallest absolute Gasteiger partial charge is 0.252 e. The van der Waals surface area contributed by atoms with E-state index in [9.17, 15) is 13.2 Å². The molecule has 114 valence electrons. The highest BCUT2D eigenvalue weighted by molar-refractivity contribution is 7.89. The molecular formula is C13H17N3O4S. The molecule has 0 aromatic carbocycles. The Bertz CT molecular complexity index is 647. The molecule has 0 aliphatic heterocycles. The fourth-order valence-corrected chi connectivity index (χ4v) is 1.93. The maximum absolute atomic E-state index is 11.8. The second-order valence-electron chi connectivity index (χ2n) is 4.02. The van der Waals surface area contributed by atoms with Crippen LogP contribution in [-0.2, 0) is 10.0 Å². The van der Waals surface area contributed by atoms with Gasteiger partial charge in [0.2, 0.25) is 10.0 Å². The highest BCUT2D eigenvalue weighted by atomic mass is 32.2. The molecule has 21 heavy (non-hydrogen) atoms. The van der Waals surface area contributed by atoms with E-state index >= 15 is 0 Å². The Morgan fingerprint density at radius 2 is 2.19 bits per heavy atom. The number of aliphatic hydroxyl groups is 1. The summed E-state index contributed by atoms with van der Waals surface area (Å²) in [6.45, 7) is -0.0248. The first-order valence-corrected chi connectivity index (χ1v) is 7.88. The maximum atomic E-state index is 11.8. The molecule has 0 bridgehead atoms. The average molecular weight is 311 g/mol. The number of carbonyl (C=O) groups is 1. The van der Waals surface area contributed by atoms with Gasteiger partial charge in [0.25, 0.3) is 5.91 Å². The van der Waals surface area contributed by atoms with Crippen LogP contribution in [0.2, 0.25) is 0 Å².